The Morgan fingerprint density at radius 1 is 1.24 bits per heavy atom. The largest absolute Gasteiger partial charge is 0.272 e. The summed E-state index contributed by atoms with van der Waals surface area (Å²) in [5.74, 6) is 0.713. The predicted octanol–water partition coefficient (Wildman–Crippen LogP) is 4.31. The molecule has 0 radical (unpaired) electrons. The summed E-state index contributed by atoms with van der Waals surface area (Å²) >= 11 is 2.96. The van der Waals surface area contributed by atoms with Gasteiger partial charge in [0.2, 0.25) is 0 Å². The maximum atomic E-state index is 5.61. The number of nitrogens with two attached hydrogens (primary N) is 1. The number of hydrogen-bond donors (Lipinski definition) is 1. The molecule has 2 N–H and O–H groups in total. The van der Waals surface area contributed by atoms with Gasteiger partial charge in [-0.2, -0.15) is 0 Å². The van der Waals surface area contributed by atoms with Gasteiger partial charge in [0.15, 0.2) is 4.34 Å². The first kappa shape index (κ1) is 11.5. The highest BCUT2D eigenvalue weighted by molar-refractivity contribution is 7.99. The lowest BCUT2D eigenvalue weighted by atomic mass is 9.84. The van der Waals surface area contributed by atoms with Crippen LogP contribution in [-0.4, -0.2) is 4.98 Å². The second-order valence-electron chi connectivity index (χ2n) is 4.63. The van der Waals surface area contributed by atoms with Crippen molar-refractivity contribution in [2.75, 3.05) is 0 Å². The summed E-state index contributed by atoms with van der Waals surface area (Å²) < 4.78 is 2.25. The maximum absolute atomic E-state index is 5.61. The van der Waals surface area contributed by atoms with Crippen LogP contribution in [0.2, 0.25) is 0 Å². The van der Waals surface area contributed by atoms with Crippen molar-refractivity contribution in [3.05, 3.63) is 23.8 Å². The minimum Gasteiger partial charge on any atom is -0.272 e. The van der Waals surface area contributed by atoms with E-state index in [2.05, 4.69) is 23.2 Å². The van der Waals surface area contributed by atoms with Gasteiger partial charge in [-0.3, -0.25) is 5.14 Å². The van der Waals surface area contributed by atoms with Gasteiger partial charge in [-0.1, -0.05) is 31.4 Å². The van der Waals surface area contributed by atoms with Crippen LogP contribution in [0.15, 0.2) is 22.5 Å². The number of thiazole rings is 1. The zero-order valence-corrected chi connectivity index (χ0v) is 11.3. The molecule has 0 aliphatic heterocycles. The zero-order chi connectivity index (χ0) is 11.7. The molecule has 1 aromatic heterocycles. The topological polar surface area (TPSA) is 38.9 Å². The zero-order valence-electron chi connectivity index (χ0n) is 9.69. The van der Waals surface area contributed by atoms with Crippen LogP contribution in [-0.2, 0) is 0 Å². The first-order chi connectivity index (χ1) is 8.38. The molecule has 1 aliphatic rings. The summed E-state index contributed by atoms with van der Waals surface area (Å²) in [6.07, 6.45) is 6.77. The van der Waals surface area contributed by atoms with E-state index in [4.69, 9.17) is 5.14 Å². The number of benzene rings is 1. The van der Waals surface area contributed by atoms with E-state index < -0.39 is 0 Å². The Kier molecular flexibility index (Phi) is 3.36. The van der Waals surface area contributed by atoms with Gasteiger partial charge in [0.05, 0.1) is 10.2 Å². The van der Waals surface area contributed by atoms with Crippen molar-refractivity contribution in [3.63, 3.8) is 0 Å². The first-order valence-corrected chi connectivity index (χ1v) is 7.84. The van der Waals surface area contributed by atoms with Crippen LogP contribution >= 0.6 is 23.3 Å². The van der Waals surface area contributed by atoms with Gasteiger partial charge in [0.1, 0.15) is 0 Å². The second-order valence-corrected chi connectivity index (χ2v) is 6.54. The molecule has 2 aromatic rings. The van der Waals surface area contributed by atoms with Crippen LogP contribution in [0.4, 0.5) is 0 Å². The van der Waals surface area contributed by atoms with E-state index in [0.29, 0.717) is 5.92 Å². The van der Waals surface area contributed by atoms with Crippen molar-refractivity contribution in [1.82, 2.24) is 4.98 Å². The number of fused-ring (bicyclic) bond motifs is 1. The normalized spacial score (nSPS) is 17.7. The van der Waals surface area contributed by atoms with Crippen molar-refractivity contribution < 1.29 is 0 Å². The van der Waals surface area contributed by atoms with Crippen molar-refractivity contribution in [2.45, 2.75) is 42.4 Å². The molecule has 1 aliphatic carbocycles. The Hall–Kier alpha value is -0.580. The summed E-state index contributed by atoms with van der Waals surface area (Å²) in [6, 6.07) is 6.57. The number of rotatable bonds is 2. The van der Waals surface area contributed by atoms with Crippen LogP contribution in [0.5, 0.6) is 0 Å². The molecule has 4 heteroatoms. The van der Waals surface area contributed by atoms with E-state index in [1.807, 2.05) is 0 Å². The Labute approximate surface area is 110 Å². The van der Waals surface area contributed by atoms with E-state index in [9.17, 15) is 0 Å². The number of hydrogen-bond acceptors (Lipinski definition) is 4. The molecule has 1 heterocycles. The van der Waals surface area contributed by atoms with Crippen LogP contribution in [0.25, 0.3) is 10.2 Å². The van der Waals surface area contributed by atoms with Gasteiger partial charge in [-0.15, -0.1) is 11.3 Å². The lowest BCUT2D eigenvalue weighted by Crippen LogP contribution is -2.04. The van der Waals surface area contributed by atoms with Gasteiger partial charge in [-0.25, -0.2) is 4.98 Å². The molecule has 0 saturated heterocycles. The van der Waals surface area contributed by atoms with E-state index in [0.717, 1.165) is 4.34 Å². The maximum Gasteiger partial charge on any atom is 0.165 e. The first-order valence-electron chi connectivity index (χ1n) is 6.14. The fourth-order valence-corrected chi connectivity index (χ4v) is 4.08. The summed E-state index contributed by atoms with van der Waals surface area (Å²) in [6.45, 7) is 0. The molecule has 1 saturated carbocycles. The summed E-state index contributed by atoms with van der Waals surface area (Å²) in [4.78, 5) is 4.66. The molecule has 3 rings (SSSR count). The quantitative estimate of drug-likeness (QED) is 0.821. The third-order valence-electron chi connectivity index (χ3n) is 3.58. The number of aromatic nitrogens is 1. The minimum atomic E-state index is 0.713. The highest BCUT2D eigenvalue weighted by atomic mass is 32.2. The molecule has 0 amide bonds. The van der Waals surface area contributed by atoms with Gasteiger partial charge in [-0.05, 0) is 42.3 Å². The van der Waals surface area contributed by atoms with Crippen LogP contribution in [0.1, 0.15) is 43.6 Å². The molecule has 2 nitrogen and oxygen atoms in total. The van der Waals surface area contributed by atoms with E-state index >= 15 is 0 Å². The smallest absolute Gasteiger partial charge is 0.165 e. The van der Waals surface area contributed by atoms with Gasteiger partial charge in [0.25, 0.3) is 0 Å². The van der Waals surface area contributed by atoms with Crippen molar-refractivity contribution in [1.29, 1.82) is 0 Å². The second kappa shape index (κ2) is 4.96. The molecule has 0 atom stereocenters. The molecule has 0 spiro atoms. The Balaban J connectivity index is 2.05. The summed E-state index contributed by atoms with van der Waals surface area (Å²) in [7, 11) is 0. The van der Waals surface area contributed by atoms with Crippen LogP contribution in [0.3, 0.4) is 0 Å². The van der Waals surface area contributed by atoms with Crippen molar-refractivity contribution in [3.8, 4) is 0 Å². The minimum absolute atomic E-state index is 0.713. The Morgan fingerprint density at radius 3 is 2.82 bits per heavy atom. The van der Waals surface area contributed by atoms with Gasteiger partial charge >= 0.3 is 0 Å². The lowest BCUT2D eigenvalue weighted by Gasteiger charge is -2.22. The molecule has 1 fully saturated rings. The fraction of sp³-hybridized carbons (Fsp3) is 0.462. The van der Waals surface area contributed by atoms with E-state index in [-0.39, 0.29) is 0 Å². The molecule has 17 heavy (non-hydrogen) atoms. The number of nitrogens with zero attached hydrogens (tertiary/aromatic N) is 1. The average Bonchev–Trinajstić information content (AvgIpc) is 2.82. The SMILES string of the molecule is NSc1nc2c(C3CCCCC3)cccc2s1. The Bertz CT molecular complexity index is 515. The fourth-order valence-electron chi connectivity index (χ4n) is 2.74. The van der Waals surface area contributed by atoms with E-state index in [1.165, 1.54) is 59.8 Å². The lowest BCUT2D eigenvalue weighted by molar-refractivity contribution is 0.445. The van der Waals surface area contributed by atoms with Crippen LogP contribution in [0, 0.1) is 0 Å². The van der Waals surface area contributed by atoms with Gasteiger partial charge in [0, 0.05) is 0 Å². The summed E-state index contributed by atoms with van der Waals surface area (Å²) in [5.41, 5.74) is 2.64. The van der Waals surface area contributed by atoms with Gasteiger partial charge < -0.3 is 0 Å². The molecule has 0 unspecified atom stereocenters. The van der Waals surface area contributed by atoms with Crippen molar-refractivity contribution >= 4 is 33.5 Å². The molecule has 0 bridgehead atoms. The average molecular weight is 264 g/mol. The molecule has 1 aromatic carbocycles. The predicted molar refractivity (Wildman–Crippen MR) is 75.5 cm³/mol. The Morgan fingerprint density at radius 2 is 2.06 bits per heavy atom. The van der Waals surface area contributed by atoms with Crippen molar-refractivity contribution in [2.24, 2.45) is 5.14 Å². The van der Waals surface area contributed by atoms with E-state index in [1.54, 1.807) is 11.3 Å². The molecular formula is C13H16N2S2. The highest BCUT2D eigenvalue weighted by Gasteiger charge is 2.19. The molecular weight excluding hydrogens is 248 g/mol. The van der Waals surface area contributed by atoms with Crippen LogP contribution < -0.4 is 5.14 Å². The third kappa shape index (κ3) is 2.21. The standard InChI is InChI=1S/C13H16N2S2/c14-17-13-15-12-10(7-4-8-11(12)16-13)9-5-2-1-3-6-9/h4,7-9H,1-3,5-6,14H2. The number of para-hydroxylation sites is 1. The monoisotopic (exact) mass is 264 g/mol. The highest BCUT2D eigenvalue weighted by Crippen LogP contribution is 2.38. The third-order valence-corrected chi connectivity index (χ3v) is 5.22. The summed E-state index contributed by atoms with van der Waals surface area (Å²) in [5, 5.41) is 5.61. The molecule has 90 valence electrons.